The van der Waals surface area contributed by atoms with Crippen molar-refractivity contribution >= 4 is 18.3 Å². The first-order valence-electron chi connectivity index (χ1n) is 8.70. The highest BCUT2D eigenvalue weighted by Crippen LogP contribution is 2.30. The molecule has 3 aromatic rings. The maximum Gasteiger partial charge on any atom is 0.249 e. The molecule has 0 saturated carbocycles. The summed E-state index contributed by atoms with van der Waals surface area (Å²) in [4.78, 5) is 12.0. The number of amides is 1. The number of hydrazone groups is 2. The second-order valence-electron chi connectivity index (χ2n) is 6.30. The van der Waals surface area contributed by atoms with Crippen LogP contribution in [-0.4, -0.2) is 18.3 Å². The second-order valence-corrected chi connectivity index (χ2v) is 6.30. The van der Waals surface area contributed by atoms with Gasteiger partial charge in [-0.3, -0.25) is 4.79 Å². The monoisotopic (exact) mass is 371 g/mol. The average molecular weight is 371 g/mol. The SMILES string of the molecule is NN=Cc1ccc(Cc2cccc(C(N)=O)c2-c2ccc(C=NN)cc2)cc1. The van der Waals surface area contributed by atoms with Gasteiger partial charge in [0.25, 0.3) is 0 Å². The van der Waals surface area contributed by atoms with E-state index < -0.39 is 5.91 Å². The molecule has 3 rings (SSSR count). The third kappa shape index (κ3) is 4.24. The number of nitrogens with two attached hydrogens (primary N) is 3. The summed E-state index contributed by atoms with van der Waals surface area (Å²) in [5.74, 6) is 9.94. The smallest absolute Gasteiger partial charge is 0.249 e. The lowest BCUT2D eigenvalue weighted by molar-refractivity contribution is 0.100. The predicted molar refractivity (Wildman–Crippen MR) is 113 cm³/mol. The molecule has 6 nitrogen and oxygen atoms in total. The van der Waals surface area contributed by atoms with E-state index in [-0.39, 0.29) is 0 Å². The molecule has 0 spiro atoms. The van der Waals surface area contributed by atoms with Gasteiger partial charge in [-0.25, -0.2) is 0 Å². The molecule has 28 heavy (non-hydrogen) atoms. The van der Waals surface area contributed by atoms with Crippen molar-refractivity contribution in [2.45, 2.75) is 6.42 Å². The van der Waals surface area contributed by atoms with Gasteiger partial charge in [-0.1, -0.05) is 60.7 Å². The summed E-state index contributed by atoms with van der Waals surface area (Å²) in [6.07, 6.45) is 3.81. The van der Waals surface area contributed by atoms with Crippen LogP contribution in [0.4, 0.5) is 0 Å². The summed E-state index contributed by atoms with van der Waals surface area (Å²) >= 11 is 0. The highest BCUT2D eigenvalue weighted by Gasteiger charge is 2.15. The van der Waals surface area contributed by atoms with Crippen molar-refractivity contribution in [2.75, 3.05) is 0 Å². The molecule has 0 aliphatic rings. The maximum absolute atomic E-state index is 12.0. The fraction of sp³-hybridized carbons (Fsp3) is 0.0455. The van der Waals surface area contributed by atoms with Crippen LogP contribution in [0.5, 0.6) is 0 Å². The van der Waals surface area contributed by atoms with Gasteiger partial charge in [0, 0.05) is 5.56 Å². The third-order valence-electron chi connectivity index (χ3n) is 4.44. The minimum atomic E-state index is -0.459. The zero-order valence-electron chi connectivity index (χ0n) is 15.2. The third-order valence-corrected chi connectivity index (χ3v) is 4.44. The summed E-state index contributed by atoms with van der Waals surface area (Å²) in [6.45, 7) is 0. The van der Waals surface area contributed by atoms with Crippen LogP contribution in [0.15, 0.2) is 76.9 Å². The lowest BCUT2D eigenvalue weighted by Gasteiger charge is -2.14. The van der Waals surface area contributed by atoms with E-state index in [0.29, 0.717) is 12.0 Å². The molecule has 0 aliphatic heterocycles. The minimum absolute atomic E-state index is 0.459. The average Bonchev–Trinajstić information content (AvgIpc) is 2.70. The highest BCUT2D eigenvalue weighted by atomic mass is 16.1. The zero-order valence-corrected chi connectivity index (χ0v) is 15.2. The predicted octanol–water partition coefficient (Wildman–Crippen LogP) is 2.63. The van der Waals surface area contributed by atoms with Crippen LogP contribution in [-0.2, 0) is 6.42 Å². The molecule has 6 heteroatoms. The van der Waals surface area contributed by atoms with Crippen molar-refractivity contribution in [2.24, 2.45) is 27.6 Å². The van der Waals surface area contributed by atoms with Crippen LogP contribution < -0.4 is 17.4 Å². The molecular weight excluding hydrogens is 350 g/mol. The molecule has 3 aromatic carbocycles. The quantitative estimate of drug-likeness (QED) is 0.351. The standard InChI is InChI=1S/C22H21N5O/c23-22(28)20-3-1-2-19(12-15-4-6-16(7-5-15)13-26-24)21(20)18-10-8-17(9-11-18)14-27-25/h1-11,13-14H,12,24-25H2,(H2,23,28). The van der Waals surface area contributed by atoms with E-state index in [2.05, 4.69) is 10.2 Å². The van der Waals surface area contributed by atoms with E-state index in [9.17, 15) is 4.79 Å². The van der Waals surface area contributed by atoms with Crippen molar-refractivity contribution < 1.29 is 4.79 Å². The van der Waals surface area contributed by atoms with Gasteiger partial charge >= 0.3 is 0 Å². The summed E-state index contributed by atoms with van der Waals surface area (Å²) < 4.78 is 0. The Morgan fingerprint density at radius 1 is 0.821 bits per heavy atom. The number of carbonyl (C=O) groups excluding carboxylic acids is 1. The molecule has 6 N–H and O–H groups in total. The normalized spacial score (nSPS) is 11.3. The minimum Gasteiger partial charge on any atom is -0.366 e. The number of rotatable bonds is 6. The van der Waals surface area contributed by atoms with E-state index in [1.807, 2.05) is 60.7 Å². The molecule has 0 radical (unpaired) electrons. The van der Waals surface area contributed by atoms with Gasteiger partial charge in [0.1, 0.15) is 0 Å². The first kappa shape index (κ1) is 18.8. The summed E-state index contributed by atoms with van der Waals surface area (Å²) in [5.41, 5.74) is 11.8. The van der Waals surface area contributed by atoms with E-state index >= 15 is 0 Å². The van der Waals surface area contributed by atoms with Crippen molar-refractivity contribution in [3.05, 3.63) is 94.5 Å². The molecule has 0 saturated heterocycles. The maximum atomic E-state index is 12.0. The number of primary amides is 1. The number of nitrogens with zero attached hydrogens (tertiary/aromatic N) is 2. The van der Waals surface area contributed by atoms with Crippen LogP contribution in [0.25, 0.3) is 11.1 Å². The van der Waals surface area contributed by atoms with Crippen molar-refractivity contribution in [3.8, 4) is 11.1 Å². The molecule has 1 amide bonds. The van der Waals surface area contributed by atoms with Gasteiger partial charge in [-0.05, 0) is 45.9 Å². The van der Waals surface area contributed by atoms with Gasteiger partial charge in [0.15, 0.2) is 0 Å². The Kier molecular flexibility index (Phi) is 5.81. The van der Waals surface area contributed by atoms with Gasteiger partial charge in [0.05, 0.1) is 12.4 Å². The molecule has 0 heterocycles. The van der Waals surface area contributed by atoms with Gasteiger partial charge < -0.3 is 17.4 Å². The molecule has 0 unspecified atom stereocenters. The second kappa shape index (κ2) is 8.64. The molecule has 0 aromatic heterocycles. The molecule has 140 valence electrons. The Bertz CT molecular complexity index is 1020. The fourth-order valence-corrected chi connectivity index (χ4v) is 3.14. The molecule has 0 bridgehead atoms. The lowest BCUT2D eigenvalue weighted by Crippen LogP contribution is -2.13. The van der Waals surface area contributed by atoms with Crippen LogP contribution in [0.1, 0.15) is 32.6 Å². The summed E-state index contributed by atoms with van der Waals surface area (Å²) in [7, 11) is 0. The van der Waals surface area contributed by atoms with Crippen LogP contribution in [0, 0.1) is 0 Å². The Hall–Kier alpha value is -3.93. The summed E-state index contributed by atoms with van der Waals surface area (Å²) in [5, 5.41) is 7.06. The Morgan fingerprint density at radius 3 is 1.93 bits per heavy atom. The van der Waals surface area contributed by atoms with E-state index in [1.165, 1.54) is 0 Å². The Morgan fingerprint density at radius 2 is 1.39 bits per heavy atom. The Balaban J connectivity index is 2.03. The largest absolute Gasteiger partial charge is 0.366 e. The van der Waals surface area contributed by atoms with Crippen LogP contribution in [0.3, 0.4) is 0 Å². The molecule has 0 fully saturated rings. The molecule has 0 atom stereocenters. The van der Waals surface area contributed by atoms with E-state index in [0.717, 1.165) is 33.4 Å². The van der Waals surface area contributed by atoms with E-state index in [1.54, 1.807) is 18.5 Å². The fourth-order valence-electron chi connectivity index (χ4n) is 3.14. The lowest BCUT2D eigenvalue weighted by atomic mass is 9.90. The first-order chi connectivity index (χ1) is 13.6. The molecule has 0 aliphatic carbocycles. The van der Waals surface area contributed by atoms with Crippen LogP contribution >= 0.6 is 0 Å². The summed E-state index contributed by atoms with van der Waals surface area (Å²) in [6, 6.07) is 21.2. The molecular formula is C22H21N5O. The zero-order chi connectivity index (χ0) is 19.9. The van der Waals surface area contributed by atoms with Crippen molar-refractivity contribution in [1.82, 2.24) is 0 Å². The number of hydrogen-bond acceptors (Lipinski definition) is 5. The van der Waals surface area contributed by atoms with Crippen molar-refractivity contribution in [1.29, 1.82) is 0 Å². The van der Waals surface area contributed by atoms with E-state index in [4.69, 9.17) is 17.4 Å². The van der Waals surface area contributed by atoms with Gasteiger partial charge in [-0.15, -0.1) is 0 Å². The first-order valence-corrected chi connectivity index (χ1v) is 8.70. The number of hydrogen-bond donors (Lipinski definition) is 3. The topological polar surface area (TPSA) is 120 Å². The van der Waals surface area contributed by atoms with Gasteiger partial charge in [-0.2, -0.15) is 10.2 Å². The van der Waals surface area contributed by atoms with Crippen LogP contribution in [0.2, 0.25) is 0 Å². The highest BCUT2D eigenvalue weighted by molar-refractivity contribution is 6.01. The van der Waals surface area contributed by atoms with Crippen molar-refractivity contribution in [3.63, 3.8) is 0 Å². The Labute approximate surface area is 163 Å². The number of carbonyl (C=O) groups is 1. The van der Waals surface area contributed by atoms with Gasteiger partial charge in [0.2, 0.25) is 5.91 Å². The number of benzene rings is 3.